The van der Waals surface area contributed by atoms with E-state index in [1.807, 2.05) is 0 Å². The van der Waals surface area contributed by atoms with Crippen molar-refractivity contribution in [3.05, 3.63) is 53.6 Å². The van der Waals surface area contributed by atoms with Crippen molar-refractivity contribution >= 4 is 30.6 Å². The molecule has 1 atom stereocenters. The van der Waals surface area contributed by atoms with Gasteiger partial charge in [0, 0.05) is 23.8 Å². The molecule has 3 rings (SSSR count). The van der Waals surface area contributed by atoms with E-state index >= 15 is 0 Å². The Morgan fingerprint density at radius 2 is 1.69 bits per heavy atom. The molecule has 7 nitrogen and oxygen atoms in total. The van der Waals surface area contributed by atoms with Crippen molar-refractivity contribution in [1.29, 1.82) is 0 Å². The molecule has 0 bridgehead atoms. The number of rotatable bonds is 8. The SMILES string of the molecule is CCS(=O)(=O)c1cc2cc(CC(O)(CC(C)(C)c3ccc(F)cc3S(C)(=O)=O)C(F)(F)F)[nH]c2cn1. The molecular weight excluding hydrogens is 524 g/mol. The zero-order chi connectivity index (χ0) is 27.3. The number of aliphatic hydroxyl groups is 1. The van der Waals surface area contributed by atoms with Gasteiger partial charge in [0.2, 0.25) is 0 Å². The summed E-state index contributed by atoms with van der Waals surface area (Å²) in [5.41, 5.74) is -4.68. The Hall–Kier alpha value is -2.51. The highest BCUT2D eigenvalue weighted by Gasteiger charge is 2.56. The molecule has 2 aromatic heterocycles. The van der Waals surface area contributed by atoms with Crippen LogP contribution in [0.1, 0.15) is 38.4 Å². The van der Waals surface area contributed by atoms with Crippen LogP contribution in [0.5, 0.6) is 0 Å². The molecule has 0 aliphatic carbocycles. The van der Waals surface area contributed by atoms with Gasteiger partial charge in [0.1, 0.15) is 5.82 Å². The van der Waals surface area contributed by atoms with E-state index < -0.39 is 60.4 Å². The van der Waals surface area contributed by atoms with Gasteiger partial charge in [0.15, 0.2) is 30.3 Å². The number of halogens is 4. The molecule has 0 spiro atoms. The maximum atomic E-state index is 14.2. The van der Waals surface area contributed by atoms with Crippen LogP contribution in [0.2, 0.25) is 0 Å². The third-order valence-electron chi connectivity index (χ3n) is 6.05. The predicted molar refractivity (Wildman–Crippen MR) is 126 cm³/mol. The summed E-state index contributed by atoms with van der Waals surface area (Å²) in [6.45, 7) is 4.11. The summed E-state index contributed by atoms with van der Waals surface area (Å²) in [5.74, 6) is -1.07. The number of hydrogen-bond acceptors (Lipinski definition) is 6. The van der Waals surface area contributed by atoms with Crippen LogP contribution in [-0.2, 0) is 31.5 Å². The molecule has 1 aromatic carbocycles. The average Bonchev–Trinajstić information content (AvgIpc) is 3.12. The van der Waals surface area contributed by atoms with Gasteiger partial charge in [-0.25, -0.2) is 26.2 Å². The summed E-state index contributed by atoms with van der Waals surface area (Å²) in [6.07, 6.45) is -4.99. The van der Waals surface area contributed by atoms with Gasteiger partial charge in [-0.15, -0.1) is 0 Å². The fourth-order valence-corrected chi connectivity index (χ4v) is 6.14. The van der Waals surface area contributed by atoms with E-state index in [-0.39, 0.29) is 27.6 Å². The van der Waals surface area contributed by atoms with Crippen LogP contribution in [0.15, 0.2) is 46.5 Å². The molecule has 0 saturated carbocycles. The molecule has 2 N–H and O–H groups in total. The third-order valence-corrected chi connectivity index (χ3v) is 8.81. The number of H-pyrrole nitrogens is 1. The Bertz CT molecular complexity index is 1510. The second-order valence-electron chi connectivity index (χ2n) is 9.49. The first-order valence-electron chi connectivity index (χ1n) is 10.8. The van der Waals surface area contributed by atoms with Gasteiger partial charge in [-0.1, -0.05) is 26.8 Å². The van der Waals surface area contributed by atoms with E-state index in [1.165, 1.54) is 39.1 Å². The summed E-state index contributed by atoms with van der Waals surface area (Å²) in [5, 5.41) is 11.0. The summed E-state index contributed by atoms with van der Waals surface area (Å²) >= 11 is 0. The number of sulfone groups is 2. The molecular formula is C23H26F4N2O5S2. The number of nitrogens with zero attached hydrogens (tertiary/aromatic N) is 1. The van der Waals surface area contributed by atoms with Crippen molar-refractivity contribution in [3.8, 4) is 0 Å². The monoisotopic (exact) mass is 550 g/mol. The Morgan fingerprint density at radius 3 is 2.25 bits per heavy atom. The molecule has 36 heavy (non-hydrogen) atoms. The first kappa shape index (κ1) is 28.1. The minimum absolute atomic E-state index is 0.0316. The molecule has 0 fully saturated rings. The van der Waals surface area contributed by atoms with Crippen LogP contribution >= 0.6 is 0 Å². The number of aromatic amines is 1. The largest absolute Gasteiger partial charge is 0.417 e. The highest BCUT2D eigenvalue weighted by atomic mass is 32.2. The number of nitrogens with one attached hydrogen (secondary N) is 1. The second kappa shape index (κ2) is 9.10. The summed E-state index contributed by atoms with van der Waals surface area (Å²) in [6, 6.07) is 5.33. The standard InChI is InChI=1S/C23H26F4N2O5S2/c1-5-36(33,34)20-9-14-8-16(29-18(14)12-28-20)11-22(30,23(25,26)27)13-21(2,3)17-7-6-15(24)10-19(17)35(4,31)32/h6-10,12,29-30H,5,11,13H2,1-4H3. The lowest BCUT2D eigenvalue weighted by Crippen LogP contribution is -2.51. The number of alkyl halides is 3. The molecule has 0 saturated heterocycles. The number of fused-ring (bicyclic) bond motifs is 1. The molecule has 1 unspecified atom stereocenters. The summed E-state index contributed by atoms with van der Waals surface area (Å²) in [7, 11) is -7.63. The van der Waals surface area contributed by atoms with Gasteiger partial charge < -0.3 is 10.1 Å². The fourth-order valence-electron chi connectivity index (χ4n) is 4.25. The quantitative estimate of drug-likeness (QED) is 0.408. The lowest BCUT2D eigenvalue weighted by atomic mass is 9.73. The molecule has 0 aliphatic rings. The minimum atomic E-state index is -5.12. The van der Waals surface area contributed by atoms with Crippen molar-refractivity contribution in [1.82, 2.24) is 9.97 Å². The first-order chi connectivity index (χ1) is 16.3. The topological polar surface area (TPSA) is 117 Å². The summed E-state index contributed by atoms with van der Waals surface area (Å²) in [4.78, 5) is 6.12. The molecule has 198 valence electrons. The molecule has 13 heteroatoms. The fraction of sp³-hybridized carbons (Fsp3) is 0.435. The van der Waals surface area contributed by atoms with E-state index in [2.05, 4.69) is 9.97 Å². The maximum absolute atomic E-state index is 14.2. The van der Waals surface area contributed by atoms with Crippen molar-refractivity contribution < 1.29 is 39.5 Å². The summed E-state index contributed by atoms with van der Waals surface area (Å²) < 4.78 is 105. The zero-order valence-electron chi connectivity index (χ0n) is 19.9. The smallest absolute Gasteiger partial charge is 0.380 e. The van der Waals surface area contributed by atoms with Gasteiger partial charge in [-0.2, -0.15) is 13.2 Å². The Balaban J connectivity index is 2.05. The Morgan fingerprint density at radius 1 is 1.06 bits per heavy atom. The van der Waals surface area contributed by atoms with Crippen LogP contribution in [0.3, 0.4) is 0 Å². The molecule has 2 heterocycles. The molecule has 0 radical (unpaired) electrons. The van der Waals surface area contributed by atoms with Gasteiger partial charge in [0.05, 0.1) is 22.4 Å². The van der Waals surface area contributed by atoms with Crippen LogP contribution in [0, 0.1) is 5.82 Å². The maximum Gasteiger partial charge on any atom is 0.417 e. The number of aromatic nitrogens is 2. The predicted octanol–water partition coefficient (Wildman–Crippen LogP) is 4.10. The molecule has 0 aliphatic heterocycles. The first-order valence-corrected chi connectivity index (χ1v) is 14.3. The zero-order valence-corrected chi connectivity index (χ0v) is 21.6. The van der Waals surface area contributed by atoms with Crippen LogP contribution in [0.4, 0.5) is 17.6 Å². The van der Waals surface area contributed by atoms with Crippen LogP contribution in [0.25, 0.3) is 10.9 Å². The Kier molecular flexibility index (Phi) is 7.10. The van der Waals surface area contributed by atoms with E-state index in [0.717, 1.165) is 24.5 Å². The highest BCUT2D eigenvalue weighted by molar-refractivity contribution is 7.91. The van der Waals surface area contributed by atoms with Gasteiger partial charge in [0.25, 0.3) is 0 Å². The van der Waals surface area contributed by atoms with Crippen LogP contribution < -0.4 is 0 Å². The highest BCUT2D eigenvalue weighted by Crippen LogP contribution is 2.44. The van der Waals surface area contributed by atoms with Gasteiger partial charge in [-0.05, 0) is 41.7 Å². The van der Waals surface area contributed by atoms with Crippen molar-refractivity contribution in [2.75, 3.05) is 12.0 Å². The van der Waals surface area contributed by atoms with Crippen molar-refractivity contribution in [3.63, 3.8) is 0 Å². The van der Waals surface area contributed by atoms with E-state index in [1.54, 1.807) is 0 Å². The average molecular weight is 551 g/mol. The van der Waals surface area contributed by atoms with Crippen molar-refractivity contribution in [2.45, 2.75) is 60.7 Å². The van der Waals surface area contributed by atoms with E-state index in [4.69, 9.17) is 0 Å². The lowest BCUT2D eigenvalue weighted by Gasteiger charge is -2.38. The molecule has 3 aromatic rings. The van der Waals surface area contributed by atoms with E-state index in [0.29, 0.717) is 5.39 Å². The number of benzene rings is 1. The van der Waals surface area contributed by atoms with Gasteiger partial charge in [-0.3, -0.25) is 0 Å². The van der Waals surface area contributed by atoms with Crippen LogP contribution in [-0.4, -0.2) is 55.7 Å². The minimum Gasteiger partial charge on any atom is -0.380 e. The number of hydrogen-bond donors (Lipinski definition) is 2. The lowest BCUT2D eigenvalue weighted by molar-refractivity contribution is -0.266. The number of pyridine rings is 1. The second-order valence-corrected chi connectivity index (χ2v) is 13.7. The normalized spacial score (nSPS) is 15.2. The van der Waals surface area contributed by atoms with Crippen molar-refractivity contribution in [2.24, 2.45) is 0 Å². The third kappa shape index (κ3) is 5.57. The van der Waals surface area contributed by atoms with Gasteiger partial charge >= 0.3 is 6.18 Å². The Labute approximate surface area is 206 Å². The molecule has 0 amide bonds. The van der Waals surface area contributed by atoms with E-state index in [9.17, 15) is 39.5 Å².